The van der Waals surface area contributed by atoms with Gasteiger partial charge in [-0.25, -0.2) is 0 Å². The Morgan fingerprint density at radius 3 is 2.74 bits per heavy atom. The number of aliphatic hydroxyl groups is 1. The molecule has 160 valence electrons. The van der Waals surface area contributed by atoms with Crippen molar-refractivity contribution < 1.29 is 19.2 Å². The van der Waals surface area contributed by atoms with Crippen LogP contribution in [-0.4, -0.2) is 45.3 Å². The number of aromatic nitrogens is 2. The van der Waals surface area contributed by atoms with Crippen molar-refractivity contribution in [3.05, 3.63) is 53.6 Å². The van der Waals surface area contributed by atoms with Crippen LogP contribution < -0.4 is 4.74 Å². The number of benzene rings is 2. The second-order valence-corrected chi connectivity index (χ2v) is 8.41. The lowest BCUT2D eigenvalue weighted by Crippen LogP contribution is -2.30. The maximum atomic E-state index is 12.4. The van der Waals surface area contributed by atoms with E-state index in [-0.39, 0.29) is 30.6 Å². The first-order valence-corrected chi connectivity index (χ1v) is 10.7. The van der Waals surface area contributed by atoms with E-state index in [1.54, 1.807) is 0 Å². The average molecular weight is 419 g/mol. The maximum Gasteiger partial charge on any atom is 0.258 e. The molecule has 1 aliphatic carbocycles. The molecule has 31 heavy (non-hydrogen) atoms. The molecule has 2 aromatic carbocycles. The second-order valence-electron chi connectivity index (χ2n) is 8.41. The summed E-state index contributed by atoms with van der Waals surface area (Å²) in [7, 11) is 0. The number of fused-ring (bicyclic) bond motifs is 3. The molecular weight excluding hydrogens is 394 g/mol. The molecule has 1 amide bonds. The van der Waals surface area contributed by atoms with E-state index in [1.807, 2.05) is 55.1 Å². The van der Waals surface area contributed by atoms with Gasteiger partial charge in [-0.05, 0) is 61.6 Å². The van der Waals surface area contributed by atoms with Crippen molar-refractivity contribution in [2.45, 2.75) is 38.8 Å². The van der Waals surface area contributed by atoms with Gasteiger partial charge in [0.25, 0.3) is 5.89 Å². The van der Waals surface area contributed by atoms with Crippen molar-refractivity contribution in [3.8, 4) is 28.6 Å². The highest BCUT2D eigenvalue weighted by Gasteiger charge is 2.46. The molecule has 0 bridgehead atoms. The molecule has 3 aromatic rings. The standard InChI is InChI=1S/C24H25N3O4/c1-14(2)30-17-8-6-15(7-9-17)24-25-23(26-31-24)19-5-3-4-18-20(19)12-16-13-21(29)27(10-11-28)22(16)18/h3-9,14,16,22,28H,10-13H2,1-2H3/t16-,22+/m1/s1. The number of aliphatic hydroxyl groups excluding tert-OH is 1. The van der Waals surface area contributed by atoms with Crippen molar-refractivity contribution in [2.75, 3.05) is 13.2 Å². The molecule has 1 aliphatic heterocycles. The number of ether oxygens (including phenoxy) is 1. The van der Waals surface area contributed by atoms with Gasteiger partial charge in [0, 0.05) is 24.1 Å². The summed E-state index contributed by atoms with van der Waals surface area (Å²) in [5.41, 5.74) is 4.07. The number of β-amino-alcohol motifs (C(OH)–C–C–N with tert-alkyl or cyclic N) is 1. The smallest absolute Gasteiger partial charge is 0.258 e. The minimum Gasteiger partial charge on any atom is -0.491 e. The molecule has 1 aromatic heterocycles. The van der Waals surface area contributed by atoms with Crippen molar-refractivity contribution in [1.29, 1.82) is 0 Å². The molecule has 0 radical (unpaired) electrons. The van der Waals surface area contributed by atoms with E-state index in [1.165, 1.54) is 5.56 Å². The Balaban J connectivity index is 1.44. The quantitative estimate of drug-likeness (QED) is 0.656. The molecule has 0 unspecified atom stereocenters. The molecule has 2 aliphatic rings. The Bertz CT molecular complexity index is 1110. The van der Waals surface area contributed by atoms with Crippen LogP contribution in [0.4, 0.5) is 0 Å². The maximum absolute atomic E-state index is 12.4. The Kier molecular flexibility index (Phi) is 4.98. The summed E-state index contributed by atoms with van der Waals surface area (Å²) in [5.74, 6) is 2.16. The van der Waals surface area contributed by atoms with Crippen LogP contribution in [0.5, 0.6) is 5.75 Å². The Labute approximate surface area is 180 Å². The van der Waals surface area contributed by atoms with Gasteiger partial charge >= 0.3 is 0 Å². The van der Waals surface area contributed by atoms with E-state index in [2.05, 4.69) is 16.2 Å². The number of hydrogen-bond donors (Lipinski definition) is 1. The van der Waals surface area contributed by atoms with Gasteiger partial charge in [0.2, 0.25) is 11.7 Å². The Morgan fingerprint density at radius 1 is 1.19 bits per heavy atom. The molecule has 1 fully saturated rings. The van der Waals surface area contributed by atoms with Crippen molar-refractivity contribution in [1.82, 2.24) is 15.0 Å². The van der Waals surface area contributed by atoms with Gasteiger partial charge in [0.05, 0.1) is 18.8 Å². The second kappa shape index (κ2) is 7.81. The number of hydrogen-bond acceptors (Lipinski definition) is 6. The minimum atomic E-state index is -0.0286. The molecule has 1 N–H and O–H groups in total. The van der Waals surface area contributed by atoms with Gasteiger partial charge in [0.15, 0.2) is 0 Å². The van der Waals surface area contributed by atoms with Crippen molar-refractivity contribution >= 4 is 5.91 Å². The first-order chi connectivity index (χ1) is 15.0. The SMILES string of the molecule is CC(C)Oc1ccc(-c2nc(-c3cccc4c3C[C@@H]3CC(=O)N(CCO)[C@H]43)no2)cc1. The summed E-state index contributed by atoms with van der Waals surface area (Å²) < 4.78 is 11.2. The predicted molar refractivity (Wildman–Crippen MR) is 114 cm³/mol. The molecule has 1 saturated heterocycles. The van der Waals surface area contributed by atoms with E-state index in [0.29, 0.717) is 24.7 Å². The van der Waals surface area contributed by atoms with E-state index in [9.17, 15) is 9.90 Å². The third-order valence-electron chi connectivity index (χ3n) is 6.02. The number of likely N-dealkylation sites (tertiary alicyclic amines) is 1. The largest absolute Gasteiger partial charge is 0.491 e. The molecule has 0 spiro atoms. The molecule has 7 nitrogen and oxygen atoms in total. The van der Waals surface area contributed by atoms with Gasteiger partial charge in [0.1, 0.15) is 5.75 Å². The third kappa shape index (κ3) is 3.49. The van der Waals surface area contributed by atoms with Crippen LogP contribution in [0, 0.1) is 5.92 Å². The summed E-state index contributed by atoms with van der Waals surface area (Å²) in [5, 5.41) is 13.6. The first-order valence-electron chi connectivity index (χ1n) is 10.7. The van der Waals surface area contributed by atoms with Crippen LogP contribution in [0.1, 0.15) is 37.4 Å². The molecular formula is C24H25N3O4. The van der Waals surface area contributed by atoms with Crippen LogP contribution in [0.2, 0.25) is 0 Å². The molecule has 7 heteroatoms. The van der Waals surface area contributed by atoms with Crippen molar-refractivity contribution in [2.24, 2.45) is 5.92 Å². The molecule has 5 rings (SSSR count). The number of amides is 1. The van der Waals surface area contributed by atoms with E-state index < -0.39 is 0 Å². The van der Waals surface area contributed by atoms with Crippen LogP contribution in [-0.2, 0) is 11.2 Å². The fourth-order valence-corrected chi connectivity index (χ4v) is 4.82. The fourth-order valence-electron chi connectivity index (χ4n) is 4.82. The summed E-state index contributed by atoms with van der Waals surface area (Å²) >= 11 is 0. The van der Waals surface area contributed by atoms with E-state index >= 15 is 0 Å². The summed E-state index contributed by atoms with van der Waals surface area (Å²) in [6, 6.07) is 13.7. The van der Waals surface area contributed by atoms with Crippen LogP contribution in [0.3, 0.4) is 0 Å². The fraction of sp³-hybridized carbons (Fsp3) is 0.375. The highest BCUT2D eigenvalue weighted by molar-refractivity contribution is 5.81. The lowest BCUT2D eigenvalue weighted by molar-refractivity contribution is -0.129. The average Bonchev–Trinajstić information content (AvgIpc) is 3.43. The molecule has 2 atom stereocenters. The zero-order valence-corrected chi connectivity index (χ0v) is 17.6. The van der Waals surface area contributed by atoms with Crippen molar-refractivity contribution in [3.63, 3.8) is 0 Å². The summed E-state index contributed by atoms with van der Waals surface area (Å²) in [6.45, 7) is 4.32. The molecule has 0 saturated carbocycles. The summed E-state index contributed by atoms with van der Waals surface area (Å²) in [6.07, 6.45) is 1.43. The third-order valence-corrected chi connectivity index (χ3v) is 6.02. The number of carbonyl (C=O) groups excluding carboxylic acids is 1. The lowest BCUT2D eigenvalue weighted by atomic mass is 10.0. The van der Waals surface area contributed by atoms with Crippen LogP contribution >= 0.6 is 0 Å². The van der Waals surface area contributed by atoms with Gasteiger partial charge in [-0.2, -0.15) is 4.98 Å². The number of carbonyl (C=O) groups is 1. The zero-order chi connectivity index (χ0) is 21.5. The lowest BCUT2D eigenvalue weighted by Gasteiger charge is -2.24. The van der Waals surface area contributed by atoms with Gasteiger partial charge in [-0.3, -0.25) is 4.79 Å². The normalized spacial score (nSPS) is 19.7. The minimum absolute atomic E-state index is 0.0227. The first kappa shape index (κ1) is 19.8. The van der Waals surface area contributed by atoms with E-state index in [0.717, 1.165) is 28.9 Å². The molecule has 2 heterocycles. The number of nitrogens with zero attached hydrogens (tertiary/aromatic N) is 3. The highest BCUT2D eigenvalue weighted by Crippen LogP contribution is 2.49. The number of rotatable bonds is 6. The van der Waals surface area contributed by atoms with Gasteiger partial charge in [-0.15, -0.1) is 0 Å². The van der Waals surface area contributed by atoms with Gasteiger partial charge < -0.3 is 19.3 Å². The van der Waals surface area contributed by atoms with E-state index in [4.69, 9.17) is 9.26 Å². The monoisotopic (exact) mass is 419 g/mol. The van der Waals surface area contributed by atoms with Gasteiger partial charge in [-0.1, -0.05) is 23.4 Å². The Morgan fingerprint density at radius 2 is 2.00 bits per heavy atom. The van der Waals surface area contributed by atoms with Crippen LogP contribution in [0.15, 0.2) is 47.0 Å². The predicted octanol–water partition coefficient (Wildman–Crippen LogP) is 3.63. The highest BCUT2D eigenvalue weighted by atomic mass is 16.5. The topological polar surface area (TPSA) is 88.7 Å². The Hall–Kier alpha value is -3.19. The summed E-state index contributed by atoms with van der Waals surface area (Å²) in [4.78, 5) is 18.8. The zero-order valence-electron chi connectivity index (χ0n) is 17.6. The van der Waals surface area contributed by atoms with Crippen LogP contribution in [0.25, 0.3) is 22.8 Å².